The molecule has 0 unspecified atom stereocenters. The normalized spacial score (nSPS) is 18.1. The Bertz CT molecular complexity index is 746. The summed E-state index contributed by atoms with van der Waals surface area (Å²) in [5, 5.41) is 6.17. The number of anilines is 1. The molecule has 0 spiro atoms. The lowest BCUT2D eigenvalue weighted by Gasteiger charge is -2.33. The van der Waals surface area contributed by atoms with Gasteiger partial charge in [0.25, 0.3) is 0 Å². The van der Waals surface area contributed by atoms with E-state index < -0.39 is 0 Å². The minimum atomic E-state index is -0.0630. The van der Waals surface area contributed by atoms with E-state index in [1.807, 2.05) is 0 Å². The minimum Gasteiger partial charge on any atom is -0.493 e. The predicted octanol–water partition coefficient (Wildman–Crippen LogP) is 3.20. The van der Waals surface area contributed by atoms with Gasteiger partial charge >= 0.3 is 0 Å². The Morgan fingerprint density at radius 2 is 1.56 bits per heavy atom. The molecule has 1 aliphatic carbocycles. The number of benzene rings is 1. The average molecular weight is 448 g/mol. The van der Waals surface area contributed by atoms with Crippen LogP contribution in [0.3, 0.4) is 0 Å². The summed E-state index contributed by atoms with van der Waals surface area (Å²) < 4.78 is 16.0. The molecule has 1 aliphatic heterocycles. The van der Waals surface area contributed by atoms with E-state index in [2.05, 4.69) is 15.5 Å². The Balaban J connectivity index is 1.41. The molecule has 8 nitrogen and oxygen atoms in total. The van der Waals surface area contributed by atoms with Gasteiger partial charge < -0.3 is 29.7 Å². The number of rotatable bonds is 9. The Labute approximate surface area is 191 Å². The van der Waals surface area contributed by atoms with Crippen molar-refractivity contribution in [1.29, 1.82) is 0 Å². The van der Waals surface area contributed by atoms with Crippen LogP contribution in [-0.4, -0.2) is 63.7 Å². The first-order chi connectivity index (χ1) is 15.5. The fraction of sp³-hybridized carbons (Fsp3) is 0.667. The second-order valence-electron chi connectivity index (χ2n) is 8.67. The van der Waals surface area contributed by atoms with Gasteiger partial charge in [0.05, 0.1) is 21.3 Å². The zero-order valence-corrected chi connectivity index (χ0v) is 19.6. The Morgan fingerprint density at radius 1 is 0.938 bits per heavy atom. The molecule has 1 saturated heterocycles. The molecule has 2 fully saturated rings. The summed E-state index contributed by atoms with van der Waals surface area (Å²) in [6, 6.07) is 3.70. The van der Waals surface area contributed by atoms with Gasteiger partial charge in [0.2, 0.25) is 17.6 Å². The number of nitrogens with one attached hydrogen (secondary N) is 2. The highest BCUT2D eigenvalue weighted by molar-refractivity contribution is 5.91. The highest BCUT2D eigenvalue weighted by Gasteiger charge is 2.26. The van der Waals surface area contributed by atoms with Crippen LogP contribution in [0.5, 0.6) is 17.2 Å². The maximum absolute atomic E-state index is 12.5. The lowest BCUT2D eigenvalue weighted by atomic mass is 9.88. The summed E-state index contributed by atoms with van der Waals surface area (Å²) in [4.78, 5) is 27.2. The average Bonchev–Trinajstić information content (AvgIpc) is 2.83. The molecule has 2 aliphatic rings. The molecule has 32 heavy (non-hydrogen) atoms. The number of hydrogen-bond acceptors (Lipinski definition) is 6. The molecule has 1 saturated carbocycles. The molecule has 1 heterocycles. The Hall–Kier alpha value is -2.48. The van der Waals surface area contributed by atoms with Gasteiger partial charge in [-0.05, 0) is 25.7 Å². The zero-order valence-electron chi connectivity index (χ0n) is 19.6. The lowest BCUT2D eigenvalue weighted by Crippen LogP contribution is -2.47. The third-order valence-electron chi connectivity index (χ3n) is 6.51. The van der Waals surface area contributed by atoms with Gasteiger partial charge in [-0.25, -0.2) is 0 Å². The van der Waals surface area contributed by atoms with Crippen molar-refractivity contribution in [3.8, 4) is 17.2 Å². The molecule has 3 rings (SSSR count). The van der Waals surface area contributed by atoms with Crippen molar-refractivity contribution in [2.24, 2.45) is 5.92 Å². The Morgan fingerprint density at radius 3 is 2.12 bits per heavy atom. The van der Waals surface area contributed by atoms with Crippen LogP contribution in [0.25, 0.3) is 0 Å². The van der Waals surface area contributed by atoms with Gasteiger partial charge in [-0.15, -0.1) is 0 Å². The van der Waals surface area contributed by atoms with Crippen molar-refractivity contribution < 1.29 is 23.8 Å². The third kappa shape index (κ3) is 6.51. The van der Waals surface area contributed by atoms with Crippen molar-refractivity contribution >= 4 is 17.5 Å². The summed E-state index contributed by atoms with van der Waals surface area (Å²) in [5.74, 6) is 1.88. The molecule has 2 amide bonds. The van der Waals surface area contributed by atoms with Crippen molar-refractivity contribution in [3.05, 3.63) is 12.1 Å². The molecule has 178 valence electrons. The molecule has 0 bridgehead atoms. The Kier molecular flexibility index (Phi) is 9.02. The van der Waals surface area contributed by atoms with Gasteiger partial charge in [-0.2, -0.15) is 0 Å². The van der Waals surface area contributed by atoms with Crippen LogP contribution in [-0.2, 0) is 9.59 Å². The minimum absolute atomic E-state index is 0.0630. The summed E-state index contributed by atoms with van der Waals surface area (Å²) >= 11 is 0. The van der Waals surface area contributed by atoms with Gasteiger partial charge in [0.1, 0.15) is 0 Å². The van der Waals surface area contributed by atoms with E-state index >= 15 is 0 Å². The van der Waals surface area contributed by atoms with Crippen LogP contribution >= 0.6 is 0 Å². The van der Waals surface area contributed by atoms with E-state index in [0.29, 0.717) is 35.9 Å². The molecule has 0 radical (unpaired) electrons. The molecule has 8 heteroatoms. The number of hydrogen-bond donors (Lipinski definition) is 2. The number of piperidine rings is 1. The van der Waals surface area contributed by atoms with Gasteiger partial charge in [-0.1, -0.05) is 19.3 Å². The highest BCUT2D eigenvalue weighted by Crippen LogP contribution is 2.39. The molecule has 0 aromatic heterocycles. The van der Waals surface area contributed by atoms with Crippen LogP contribution < -0.4 is 24.8 Å². The fourth-order valence-corrected chi connectivity index (χ4v) is 4.62. The highest BCUT2D eigenvalue weighted by atomic mass is 16.5. The van der Waals surface area contributed by atoms with E-state index in [1.165, 1.54) is 19.3 Å². The molecular formula is C24H37N3O5. The van der Waals surface area contributed by atoms with Gasteiger partial charge in [0.15, 0.2) is 11.5 Å². The standard InChI is InChI=1S/C24H37N3O5/c1-30-20-15-19(16-21(31-2)23(20)32-3)25-22(28)11-14-27-12-9-18(10-13-27)26-24(29)17-7-5-4-6-8-17/h15-18H,4-14H2,1-3H3,(H,25,28)(H,26,29). The smallest absolute Gasteiger partial charge is 0.225 e. The SMILES string of the molecule is COc1cc(NC(=O)CCN2CCC(NC(=O)C3CCCCC3)CC2)cc(OC)c1OC. The number of amides is 2. The zero-order chi connectivity index (χ0) is 22.9. The van der Waals surface area contributed by atoms with Crippen molar-refractivity contribution in [1.82, 2.24) is 10.2 Å². The van der Waals surface area contributed by atoms with Crippen LogP contribution in [0.1, 0.15) is 51.4 Å². The van der Waals surface area contributed by atoms with Crippen LogP contribution in [0.4, 0.5) is 5.69 Å². The van der Waals surface area contributed by atoms with Crippen LogP contribution in [0.15, 0.2) is 12.1 Å². The second-order valence-corrected chi connectivity index (χ2v) is 8.67. The molecule has 1 aromatic rings. The van der Waals surface area contributed by atoms with Gasteiger partial charge in [0, 0.05) is 55.8 Å². The first-order valence-electron chi connectivity index (χ1n) is 11.7. The van der Waals surface area contributed by atoms with Gasteiger partial charge in [-0.3, -0.25) is 9.59 Å². The first kappa shape index (κ1) is 24.2. The number of likely N-dealkylation sites (tertiary alicyclic amines) is 1. The van der Waals surface area contributed by atoms with E-state index in [1.54, 1.807) is 33.5 Å². The van der Waals surface area contributed by atoms with E-state index in [9.17, 15) is 9.59 Å². The predicted molar refractivity (Wildman–Crippen MR) is 124 cm³/mol. The van der Waals surface area contributed by atoms with Crippen molar-refractivity contribution in [2.75, 3.05) is 46.3 Å². The summed E-state index contributed by atoms with van der Waals surface area (Å²) in [7, 11) is 4.64. The molecule has 1 aromatic carbocycles. The summed E-state index contributed by atoms with van der Waals surface area (Å²) in [6.45, 7) is 2.49. The van der Waals surface area contributed by atoms with Crippen molar-refractivity contribution in [3.63, 3.8) is 0 Å². The largest absolute Gasteiger partial charge is 0.493 e. The van der Waals surface area contributed by atoms with E-state index in [-0.39, 0.29) is 23.8 Å². The maximum atomic E-state index is 12.5. The number of methoxy groups -OCH3 is 3. The summed E-state index contributed by atoms with van der Waals surface area (Å²) in [6.07, 6.45) is 7.95. The molecular weight excluding hydrogens is 410 g/mol. The lowest BCUT2D eigenvalue weighted by molar-refractivity contribution is -0.127. The monoisotopic (exact) mass is 447 g/mol. The molecule has 2 N–H and O–H groups in total. The quantitative estimate of drug-likeness (QED) is 0.604. The topological polar surface area (TPSA) is 89.1 Å². The third-order valence-corrected chi connectivity index (χ3v) is 6.51. The number of carbonyl (C=O) groups is 2. The number of carbonyl (C=O) groups excluding carboxylic acids is 2. The second kappa shape index (κ2) is 11.9. The first-order valence-corrected chi connectivity index (χ1v) is 11.7. The summed E-state index contributed by atoms with van der Waals surface area (Å²) in [5.41, 5.74) is 0.605. The number of nitrogens with zero attached hydrogens (tertiary/aromatic N) is 1. The van der Waals surface area contributed by atoms with Crippen LogP contribution in [0.2, 0.25) is 0 Å². The maximum Gasteiger partial charge on any atom is 0.225 e. The van der Waals surface area contributed by atoms with E-state index in [4.69, 9.17) is 14.2 Å². The van der Waals surface area contributed by atoms with Crippen LogP contribution in [0, 0.1) is 5.92 Å². The van der Waals surface area contributed by atoms with E-state index in [0.717, 1.165) is 38.8 Å². The van der Waals surface area contributed by atoms with Crippen molar-refractivity contribution in [2.45, 2.75) is 57.4 Å². The molecule has 0 atom stereocenters. The number of ether oxygens (including phenoxy) is 3. The fourth-order valence-electron chi connectivity index (χ4n) is 4.62.